The molecule has 1 aromatic heterocycles. The first-order valence-electron chi connectivity index (χ1n) is 5.12. The molecule has 2 aromatic rings. The van der Waals surface area contributed by atoms with Crippen LogP contribution in [0.15, 0.2) is 29.6 Å². The lowest BCUT2D eigenvalue weighted by atomic mass is 10.1. The second-order valence-electron chi connectivity index (χ2n) is 3.64. The molecule has 1 aromatic carbocycles. The minimum absolute atomic E-state index is 0.209. The second-order valence-corrected chi connectivity index (χ2v) is 4.53. The zero-order valence-corrected chi connectivity index (χ0v) is 9.87. The van der Waals surface area contributed by atoms with Crippen LogP contribution in [0.5, 0.6) is 0 Å². The van der Waals surface area contributed by atoms with Crippen molar-refractivity contribution >= 4 is 11.3 Å². The maximum absolute atomic E-state index is 9.58. The van der Waals surface area contributed by atoms with Crippen LogP contribution in [0.4, 0.5) is 0 Å². The molecule has 0 spiro atoms. The quantitative estimate of drug-likeness (QED) is 0.855. The van der Waals surface area contributed by atoms with Gasteiger partial charge < -0.3 is 10.8 Å². The molecule has 0 aliphatic heterocycles. The number of thiazole rings is 1. The predicted octanol–water partition coefficient (Wildman–Crippen LogP) is 2.11. The largest absolute Gasteiger partial charge is 0.385 e. The van der Waals surface area contributed by atoms with Crippen molar-refractivity contribution in [2.24, 2.45) is 5.73 Å². The lowest BCUT2D eigenvalue weighted by molar-refractivity contribution is 0.186. The van der Waals surface area contributed by atoms with Gasteiger partial charge in [-0.15, -0.1) is 11.3 Å². The Morgan fingerprint density at radius 3 is 2.88 bits per heavy atom. The molecule has 1 unspecified atom stereocenters. The number of aryl methyl sites for hydroxylation is 1. The van der Waals surface area contributed by atoms with Crippen molar-refractivity contribution in [1.29, 1.82) is 0 Å². The van der Waals surface area contributed by atoms with Crippen molar-refractivity contribution in [1.82, 2.24) is 4.98 Å². The molecule has 16 heavy (non-hydrogen) atoms. The van der Waals surface area contributed by atoms with Gasteiger partial charge in [-0.2, -0.15) is 0 Å². The van der Waals surface area contributed by atoms with E-state index < -0.39 is 6.10 Å². The number of hydrogen-bond donors (Lipinski definition) is 2. The molecule has 0 aliphatic rings. The maximum atomic E-state index is 9.58. The first kappa shape index (κ1) is 11.3. The van der Waals surface area contributed by atoms with E-state index in [-0.39, 0.29) is 6.54 Å². The molecule has 0 aliphatic carbocycles. The minimum atomic E-state index is -0.650. The molecule has 0 radical (unpaired) electrons. The van der Waals surface area contributed by atoms with Crippen LogP contribution in [-0.2, 0) is 0 Å². The highest BCUT2D eigenvalue weighted by Gasteiger charge is 2.12. The van der Waals surface area contributed by atoms with Crippen molar-refractivity contribution in [3.05, 3.63) is 40.2 Å². The fraction of sp³-hybridized carbons (Fsp3) is 0.250. The number of aromatic nitrogens is 1. The molecule has 0 amide bonds. The van der Waals surface area contributed by atoms with Gasteiger partial charge in [0.1, 0.15) is 11.1 Å². The van der Waals surface area contributed by atoms with Crippen molar-refractivity contribution in [3.8, 4) is 11.3 Å². The molecule has 0 saturated carbocycles. The summed E-state index contributed by atoms with van der Waals surface area (Å²) >= 11 is 1.44. The number of benzene rings is 1. The Bertz CT molecular complexity index is 481. The number of rotatable bonds is 3. The summed E-state index contributed by atoms with van der Waals surface area (Å²) in [6.07, 6.45) is -0.650. The van der Waals surface area contributed by atoms with Gasteiger partial charge in [0.2, 0.25) is 0 Å². The molecular weight excluding hydrogens is 220 g/mol. The molecule has 84 valence electrons. The minimum Gasteiger partial charge on any atom is -0.385 e. The standard InChI is InChI=1S/C12H14N2OS/c1-8-4-2-3-5-9(8)10-7-16-12(14-10)11(15)6-13/h2-5,7,11,15H,6,13H2,1H3. The van der Waals surface area contributed by atoms with Crippen LogP contribution in [0.3, 0.4) is 0 Å². The van der Waals surface area contributed by atoms with Gasteiger partial charge in [0.25, 0.3) is 0 Å². The molecule has 1 atom stereocenters. The van der Waals surface area contributed by atoms with E-state index in [4.69, 9.17) is 5.73 Å². The molecule has 3 nitrogen and oxygen atoms in total. The lowest BCUT2D eigenvalue weighted by Gasteiger charge is -2.03. The summed E-state index contributed by atoms with van der Waals surface area (Å²) < 4.78 is 0. The third kappa shape index (κ3) is 2.14. The Hall–Kier alpha value is -1.23. The smallest absolute Gasteiger partial charge is 0.123 e. The highest BCUT2D eigenvalue weighted by Crippen LogP contribution is 2.27. The molecule has 0 saturated heterocycles. The third-order valence-corrected chi connectivity index (χ3v) is 3.40. The van der Waals surface area contributed by atoms with Gasteiger partial charge in [0.05, 0.1) is 5.69 Å². The average molecular weight is 234 g/mol. The van der Waals surface area contributed by atoms with Crippen LogP contribution in [0, 0.1) is 6.92 Å². The Kier molecular flexibility index (Phi) is 3.33. The van der Waals surface area contributed by atoms with Crippen LogP contribution in [-0.4, -0.2) is 16.6 Å². The number of nitrogens with zero attached hydrogens (tertiary/aromatic N) is 1. The van der Waals surface area contributed by atoms with Gasteiger partial charge >= 0.3 is 0 Å². The second kappa shape index (κ2) is 4.74. The predicted molar refractivity (Wildman–Crippen MR) is 66.3 cm³/mol. The van der Waals surface area contributed by atoms with Crippen LogP contribution >= 0.6 is 11.3 Å². The SMILES string of the molecule is Cc1ccccc1-c1csc(C(O)CN)n1. The van der Waals surface area contributed by atoms with Gasteiger partial charge in [-0.1, -0.05) is 24.3 Å². The van der Waals surface area contributed by atoms with Crippen LogP contribution in [0.1, 0.15) is 16.7 Å². The van der Waals surface area contributed by atoms with Gasteiger partial charge in [0, 0.05) is 17.5 Å². The van der Waals surface area contributed by atoms with Gasteiger partial charge in [-0.25, -0.2) is 4.98 Å². The number of nitrogens with two attached hydrogens (primary N) is 1. The molecular formula is C12H14N2OS. The molecule has 4 heteroatoms. The topological polar surface area (TPSA) is 59.1 Å². The van der Waals surface area contributed by atoms with E-state index in [2.05, 4.69) is 4.98 Å². The average Bonchev–Trinajstić information content (AvgIpc) is 2.78. The number of hydrogen-bond acceptors (Lipinski definition) is 4. The van der Waals surface area contributed by atoms with Crippen LogP contribution < -0.4 is 5.73 Å². The highest BCUT2D eigenvalue weighted by atomic mass is 32.1. The van der Waals surface area contributed by atoms with E-state index >= 15 is 0 Å². The number of aliphatic hydroxyl groups is 1. The van der Waals surface area contributed by atoms with E-state index in [1.165, 1.54) is 16.9 Å². The normalized spacial score (nSPS) is 12.7. The Balaban J connectivity index is 2.35. The summed E-state index contributed by atoms with van der Waals surface area (Å²) in [5.74, 6) is 0. The van der Waals surface area contributed by atoms with E-state index in [0.29, 0.717) is 5.01 Å². The zero-order chi connectivity index (χ0) is 11.5. The summed E-state index contributed by atoms with van der Waals surface area (Å²) in [4.78, 5) is 4.40. The van der Waals surface area contributed by atoms with E-state index in [1.54, 1.807) is 0 Å². The van der Waals surface area contributed by atoms with E-state index in [0.717, 1.165) is 11.3 Å². The Morgan fingerprint density at radius 1 is 1.44 bits per heavy atom. The molecule has 2 rings (SSSR count). The number of aliphatic hydroxyl groups excluding tert-OH is 1. The van der Waals surface area contributed by atoms with Crippen molar-refractivity contribution in [2.75, 3.05) is 6.54 Å². The summed E-state index contributed by atoms with van der Waals surface area (Å²) in [6, 6.07) is 8.07. The third-order valence-electron chi connectivity index (χ3n) is 2.45. The van der Waals surface area contributed by atoms with E-state index in [1.807, 2.05) is 36.6 Å². The van der Waals surface area contributed by atoms with Crippen molar-refractivity contribution in [3.63, 3.8) is 0 Å². The molecule has 3 N–H and O–H groups in total. The highest BCUT2D eigenvalue weighted by molar-refractivity contribution is 7.10. The maximum Gasteiger partial charge on any atom is 0.123 e. The summed E-state index contributed by atoms with van der Waals surface area (Å²) in [6.45, 7) is 2.26. The van der Waals surface area contributed by atoms with Crippen LogP contribution in [0.2, 0.25) is 0 Å². The fourth-order valence-electron chi connectivity index (χ4n) is 1.53. The lowest BCUT2D eigenvalue weighted by Crippen LogP contribution is -2.11. The monoisotopic (exact) mass is 234 g/mol. The molecule has 1 heterocycles. The van der Waals surface area contributed by atoms with Gasteiger partial charge in [0.15, 0.2) is 0 Å². The molecule has 0 fully saturated rings. The van der Waals surface area contributed by atoms with Gasteiger partial charge in [-0.3, -0.25) is 0 Å². The summed E-state index contributed by atoms with van der Waals surface area (Å²) in [7, 11) is 0. The van der Waals surface area contributed by atoms with Gasteiger partial charge in [-0.05, 0) is 12.5 Å². The first-order chi connectivity index (χ1) is 7.72. The van der Waals surface area contributed by atoms with Crippen molar-refractivity contribution in [2.45, 2.75) is 13.0 Å². The Labute approximate surface area is 98.6 Å². The summed E-state index contributed by atoms with van der Waals surface area (Å²) in [5, 5.41) is 12.2. The zero-order valence-electron chi connectivity index (χ0n) is 9.05. The molecule has 0 bridgehead atoms. The first-order valence-corrected chi connectivity index (χ1v) is 6.00. The fourth-order valence-corrected chi connectivity index (χ4v) is 2.34. The van der Waals surface area contributed by atoms with E-state index in [9.17, 15) is 5.11 Å². The van der Waals surface area contributed by atoms with Crippen molar-refractivity contribution < 1.29 is 5.11 Å². The summed E-state index contributed by atoms with van der Waals surface area (Å²) in [5.41, 5.74) is 8.59. The Morgan fingerprint density at radius 2 is 2.19 bits per heavy atom. The van der Waals surface area contributed by atoms with Crippen LogP contribution in [0.25, 0.3) is 11.3 Å².